The normalized spacial score (nSPS) is 11.4. The Morgan fingerprint density at radius 2 is 2.05 bits per heavy atom. The first-order valence-electron chi connectivity index (χ1n) is 5.38. The zero-order chi connectivity index (χ0) is 15.8. The van der Waals surface area contributed by atoms with Gasteiger partial charge in [-0.15, -0.1) is 0 Å². The summed E-state index contributed by atoms with van der Waals surface area (Å²) in [5.41, 5.74) is -1.99. The Morgan fingerprint density at radius 1 is 1.38 bits per heavy atom. The predicted octanol–water partition coefficient (Wildman–Crippen LogP) is 1.71. The molecule has 0 atom stereocenters. The number of nitrogens with one attached hydrogen (secondary N) is 2. The number of imidazole rings is 1. The van der Waals surface area contributed by atoms with E-state index in [9.17, 15) is 27.3 Å². The third kappa shape index (κ3) is 2.97. The van der Waals surface area contributed by atoms with Crippen molar-refractivity contribution in [3.63, 3.8) is 0 Å². The van der Waals surface area contributed by atoms with Crippen LogP contribution in [-0.2, 0) is 10.0 Å². The molecule has 2 aromatic rings. The molecule has 1 aromatic heterocycles. The van der Waals surface area contributed by atoms with Gasteiger partial charge in [-0.25, -0.2) is 13.8 Å². The van der Waals surface area contributed by atoms with Crippen molar-refractivity contribution in [2.45, 2.75) is 11.9 Å². The Balaban J connectivity index is 2.51. The zero-order valence-electron chi connectivity index (χ0n) is 10.4. The predicted molar refractivity (Wildman–Crippen MR) is 67.1 cm³/mol. The Hall–Kier alpha value is -2.56. The number of aryl methyl sites for hydroxylation is 1. The molecule has 0 radical (unpaired) electrons. The summed E-state index contributed by atoms with van der Waals surface area (Å²) in [4.78, 5) is 15.7. The van der Waals surface area contributed by atoms with Crippen LogP contribution in [0.3, 0.4) is 0 Å². The summed E-state index contributed by atoms with van der Waals surface area (Å²) in [5.74, 6) is -2.31. The van der Waals surface area contributed by atoms with E-state index < -0.39 is 43.0 Å². The lowest BCUT2D eigenvalue weighted by atomic mass is 10.2. The van der Waals surface area contributed by atoms with Crippen LogP contribution in [0.15, 0.2) is 23.4 Å². The number of nitrogens with zero attached hydrogens (tertiary/aromatic N) is 2. The molecule has 0 aliphatic heterocycles. The maximum atomic E-state index is 13.6. The van der Waals surface area contributed by atoms with E-state index in [2.05, 4.69) is 9.97 Å². The summed E-state index contributed by atoms with van der Waals surface area (Å²) in [7, 11) is -4.32. The fourth-order valence-corrected chi connectivity index (χ4v) is 2.58. The third-order valence-electron chi connectivity index (χ3n) is 2.44. The first-order chi connectivity index (χ1) is 9.70. The average molecular weight is 318 g/mol. The van der Waals surface area contributed by atoms with Crippen molar-refractivity contribution < 1.29 is 22.1 Å². The number of benzene rings is 1. The summed E-state index contributed by atoms with van der Waals surface area (Å²) in [6, 6.07) is 0.752. The first-order valence-corrected chi connectivity index (χ1v) is 6.87. The van der Waals surface area contributed by atoms with Gasteiger partial charge in [-0.05, 0) is 6.92 Å². The van der Waals surface area contributed by atoms with Crippen LogP contribution >= 0.6 is 0 Å². The number of nitro benzene ring substituents is 1. The van der Waals surface area contributed by atoms with Crippen LogP contribution in [0.2, 0.25) is 0 Å². The van der Waals surface area contributed by atoms with Gasteiger partial charge in [0.2, 0.25) is 0 Å². The lowest BCUT2D eigenvalue weighted by Gasteiger charge is -2.08. The van der Waals surface area contributed by atoms with Gasteiger partial charge in [-0.3, -0.25) is 14.8 Å². The molecule has 0 amide bonds. The van der Waals surface area contributed by atoms with Crippen molar-refractivity contribution in [1.82, 2.24) is 9.97 Å². The van der Waals surface area contributed by atoms with Crippen molar-refractivity contribution in [3.8, 4) is 0 Å². The number of aromatic amines is 1. The largest absolute Gasteiger partial charge is 0.332 e. The number of hydrogen-bond donors (Lipinski definition) is 2. The quantitative estimate of drug-likeness (QED) is 0.657. The lowest BCUT2D eigenvalue weighted by molar-refractivity contribution is -0.384. The summed E-state index contributed by atoms with van der Waals surface area (Å²) in [5, 5.41) is 10.4. The molecule has 0 aliphatic carbocycles. The molecule has 0 saturated heterocycles. The molecule has 1 heterocycles. The molecular weight excluding hydrogens is 310 g/mol. The van der Waals surface area contributed by atoms with Crippen molar-refractivity contribution in [3.05, 3.63) is 45.9 Å². The van der Waals surface area contributed by atoms with Gasteiger partial charge in [-0.2, -0.15) is 8.42 Å². The molecule has 0 saturated carbocycles. The van der Waals surface area contributed by atoms with E-state index in [0.29, 0.717) is 12.1 Å². The third-order valence-corrected chi connectivity index (χ3v) is 3.70. The highest BCUT2D eigenvalue weighted by Crippen LogP contribution is 2.30. The number of halogens is 2. The molecule has 0 aliphatic rings. The van der Waals surface area contributed by atoms with E-state index >= 15 is 0 Å². The molecule has 21 heavy (non-hydrogen) atoms. The standard InChI is InChI=1S/C10H8F2N4O4S/c1-5-13-4-9(14-5)21(19,20)15-10-7(12)2-6(11)3-8(10)16(17)18/h2-4,15H,1H3,(H,13,14). The number of sulfonamides is 1. The molecule has 112 valence electrons. The van der Waals surface area contributed by atoms with Gasteiger partial charge in [0.05, 0.1) is 17.2 Å². The maximum Gasteiger partial charge on any atom is 0.299 e. The average Bonchev–Trinajstić information content (AvgIpc) is 2.79. The summed E-state index contributed by atoms with van der Waals surface area (Å²) < 4.78 is 52.2. The van der Waals surface area contributed by atoms with Crippen LogP contribution in [-0.4, -0.2) is 23.3 Å². The lowest BCUT2D eigenvalue weighted by Crippen LogP contribution is -2.16. The second-order valence-corrected chi connectivity index (χ2v) is 5.63. The van der Waals surface area contributed by atoms with Crippen molar-refractivity contribution in [1.29, 1.82) is 0 Å². The van der Waals surface area contributed by atoms with E-state index in [-0.39, 0.29) is 5.82 Å². The van der Waals surface area contributed by atoms with Crippen LogP contribution in [0.4, 0.5) is 20.2 Å². The smallest absolute Gasteiger partial charge is 0.299 e. The Bertz CT molecular complexity index is 818. The number of nitro groups is 1. The fraction of sp³-hybridized carbons (Fsp3) is 0.100. The second kappa shape index (κ2) is 5.09. The fourth-order valence-electron chi connectivity index (χ4n) is 1.53. The van der Waals surface area contributed by atoms with Crippen LogP contribution < -0.4 is 4.72 Å². The van der Waals surface area contributed by atoms with Gasteiger partial charge < -0.3 is 4.98 Å². The highest BCUT2D eigenvalue weighted by atomic mass is 32.2. The van der Waals surface area contributed by atoms with E-state index in [1.807, 2.05) is 0 Å². The highest BCUT2D eigenvalue weighted by molar-refractivity contribution is 7.92. The molecular formula is C10H8F2N4O4S. The number of aromatic nitrogens is 2. The Labute approximate surface area is 117 Å². The number of rotatable bonds is 4. The molecule has 8 nitrogen and oxygen atoms in total. The van der Waals surface area contributed by atoms with Crippen LogP contribution in [0.5, 0.6) is 0 Å². The second-order valence-electron chi connectivity index (χ2n) is 3.98. The molecule has 0 fully saturated rings. The van der Waals surface area contributed by atoms with E-state index in [0.717, 1.165) is 6.20 Å². The number of anilines is 1. The van der Waals surface area contributed by atoms with Crippen molar-refractivity contribution in [2.75, 3.05) is 4.72 Å². The summed E-state index contributed by atoms with van der Waals surface area (Å²) in [6.07, 6.45) is 0.963. The molecule has 1 aromatic carbocycles. The maximum absolute atomic E-state index is 13.6. The number of hydrogen-bond acceptors (Lipinski definition) is 5. The van der Waals surface area contributed by atoms with Crippen molar-refractivity contribution >= 4 is 21.4 Å². The number of H-pyrrole nitrogens is 1. The van der Waals surface area contributed by atoms with Gasteiger partial charge in [0.25, 0.3) is 15.7 Å². The van der Waals surface area contributed by atoms with E-state index in [1.165, 1.54) is 6.92 Å². The molecule has 11 heteroatoms. The van der Waals surface area contributed by atoms with E-state index in [1.54, 1.807) is 4.72 Å². The minimum atomic E-state index is -4.32. The first kappa shape index (κ1) is 14.8. The van der Waals surface area contributed by atoms with Gasteiger partial charge in [0.15, 0.2) is 16.5 Å². The minimum absolute atomic E-state index is 0.282. The molecule has 0 bridgehead atoms. The topological polar surface area (TPSA) is 118 Å². The van der Waals surface area contributed by atoms with Crippen LogP contribution in [0.25, 0.3) is 0 Å². The summed E-state index contributed by atoms with van der Waals surface area (Å²) >= 11 is 0. The molecule has 0 unspecified atom stereocenters. The van der Waals surface area contributed by atoms with Crippen molar-refractivity contribution in [2.24, 2.45) is 0 Å². The van der Waals surface area contributed by atoms with Crippen LogP contribution in [0.1, 0.15) is 5.82 Å². The monoisotopic (exact) mass is 318 g/mol. The van der Waals surface area contributed by atoms with E-state index in [4.69, 9.17) is 0 Å². The minimum Gasteiger partial charge on any atom is -0.332 e. The van der Waals surface area contributed by atoms with Gasteiger partial charge in [0, 0.05) is 6.07 Å². The Morgan fingerprint density at radius 3 is 2.57 bits per heavy atom. The zero-order valence-corrected chi connectivity index (χ0v) is 11.2. The molecule has 2 rings (SSSR count). The van der Waals surface area contributed by atoms with Gasteiger partial charge in [0.1, 0.15) is 11.6 Å². The highest BCUT2D eigenvalue weighted by Gasteiger charge is 2.26. The molecule has 2 N–H and O–H groups in total. The van der Waals surface area contributed by atoms with Gasteiger partial charge >= 0.3 is 0 Å². The van der Waals surface area contributed by atoms with Crippen LogP contribution in [0, 0.1) is 28.7 Å². The van der Waals surface area contributed by atoms with Gasteiger partial charge in [-0.1, -0.05) is 0 Å². The Kier molecular flexibility index (Phi) is 3.60. The SMILES string of the molecule is Cc1ncc(S(=O)(=O)Nc2c(F)cc(F)cc2[N+](=O)[O-])[nH]1. The molecule has 0 spiro atoms. The summed E-state index contributed by atoms with van der Waals surface area (Å²) in [6.45, 7) is 1.49.